The highest BCUT2D eigenvalue weighted by molar-refractivity contribution is 7.96. The van der Waals surface area contributed by atoms with E-state index in [1.807, 2.05) is 0 Å². The van der Waals surface area contributed by atoms with Crippen molar-refractivity contribution in [2.75, 3.05) is 7.11 Å². The Kier molecular flexibility index (Phi) is 4.59. The summed E-state index contributed by atoms with van der Waals surface area (Å²) in [5, 5.41) is 0. The highest BCUT2D eigenvalue weighted by Gasteiger charge is 2.35. The Morgan fingerprint density at radius 3 is 2.10 bits per heavy atom. The average Bonchev–Trinajstić information content (AvgIpc) is 2.34. The molecule has 0 N–H and O–H groups in total. The van der Waals surface area contributed by atoms with Gasteiger partial charge in [-0.3, -0.25) is 0 Å². The molecule has 1 rings (SSSR count). The lowest BCUT2D eigenvalue weighted by Gasteiger charge is -2.09. The Labute approximate surface area is 113 Å². The van der Waals surface area contributed by atoms with Gasteiger partial charge in [-0.05, 0) is 19.1 Å². The van der Waals surface area contributed by atoms with Gasteiger partial charge in [0, 0.05) is 6.08 Å². The second-order valence-corrected chi connectivity index (χ2v) is 5.78. The van der Waals surface area contributed by atoms with E-state index in [1.54, 1.807) is 6.92 Å². The lowest BCUT2D eigenvalue weighted by atomic mass is 10.2. The smallest absolute Gasteiger partial charge is 0.411 e. The number of benzene rings is 1. The number of ether oxygens (including phenoxy) is 1. The summed E-state index contributed by atoms with van der Waals surface area (Å²) < 4.78 is 65.3. The molecule has 1 aromatic rings. The molecule has 0 amide bonds. The molecular weight excluding hydrogens is 297 g/mol. The Morgan fingerprint density at radius 1 is 1.20 bits per heavy atom. The van der Waals surface area contributed by atoms with Crippen LogP contribution < -0.4 is 0 Å². The third kappa shape index (κ3) is 3.83. The predicted octanol–water partition coefficient (Wildman–Crippen LogP) is 2.39. The van der Waals surface area contributed by atoms with Gasteiger partial charge in [-0.2, -0.15) is 13.2 Å². The van der Waals surface area contributed by atoms with Crippen molar-refractivity contribution in [1.82, 2.24) is 0 Å². The van der Waals surface area contributed by atoms with Crippen LogP contribution in [0.3, 0.4) is 0 Å². The number of carbonyl (C=O) groups excluding carboxylic acids is 1. The minimum atomic E-state index is -4.96. The molecule has 20 heavy (non-hydrogen) atoms. The van der Waals surface area contributed by atoms with Gasteiger partial charge in [0.25, 0.3) is 0 Å². The zero-order valence-corrected chi connectivity index (χ0v) is 11.4. The second kappa shape index (κ2) is 5.66. The molecule has 0 radical (unpaired) electrons. The number of rotatable bonds is 3. The summed E-state index contributed by atoms with van der Waals surface area (Å²) in [5.41, 5.74) is 0.725. The first-order chi connectivity index (χ1) is 9.08. The third-order valence-electron chi connectivity index (χ3n) is 2.30. The van der Waals surface area contributed by atoms with Crippen LogP contribution in [0.5, 0.6) is 0 Å². The topological polar surface area (TPSA) is 60.4 Å². The molecule has 0 spiro atoms. The van der Waals surface area contributed by atoms with E-state index in [2.05, 4.69) is 4.74 Å². The molecule has 0 saturated carbocycles. The first kappa shape index (κ1) is 16.2. The first-order valence-electron chi connectivity index (χ1n) is 5.27. The van der Waals surface area contributed by atoms with Crippen LogP contribution in [0.4, 0.5) is 13.2 Å². The third-order valence-corrected chi connectivity index (χ3v) is 4.06. The minimum Gasteiger partial charge on any atom is -0.465 e. The number of hydrogen-bond acceptors (Lipinski definition) is 4. The molecule has 0 aliphatic rings. The van der Waals surface area contributed by atoms with Crippen molar-refractivity contribution < 1.29 is 31.1 Å². The molecule has 0 aromatic heterocycles. The summed E-state index contributed by atoms with van der Waals surface area (Å²) >= 11 is 0. The number of aryl methyl sites for hydroxylation is 1. The summed E-state index contributed by atoms with van der Waals surface area (Å²) in [5.74, 6) is -1.57. The Balaban J connectivity index is 3.44. The summed E-state index contributed by atoms with van der Waals surface area (Å²) in [6, 6.07) is 5.07. The van der Waals surface area contributed by atoms with Crippen LogP contribution in [0.15, 0.2) is 40.1 Å². The van der Waals surface area contributed by atoms with E-state index in [0.29, 0.717) is 0 Å². The lowest BCUT2D eigenvalue weighted by Crippen LogP contribution is -2.19. The van der Waals surface area contributed by atoms with Crippen LogP contribution in [-0.4, -0.2) is 27.7 Å². The molecule has 0 aliphatic carbocycles. The molecule has 4 nitrogen and oxygen atoms in total. The number of esters is 1. The Bertz CT molecular complexity index is 628. The summed E-state index contributed by atoms with van der Waals surface area (Å²) in [7, 11) is -3.79. The van der Waals surface area contributed by atoms with Gasteiger partial charge < -0.3 is 4.74 Å². The molecule has 0 atom stereocenters. The highest BCUT2D eigenvalue weighted by Crippen LogP contribution is 2.26. The van der Waals surface area contributed by atoms with Gasteiger partial charge in [-0.1, -0.05) is 17.7 Å². The molecule has 0 unspecified atom stereocenters. The first-order valence-corrected chi connectivity index (χ1v) is 6.76. The number of sulfone groups is 1. The van der Waals surface area contributed by atoms with Crippen molar-refractivity contribution in [2.45, 2.75) is 18.0 Å². The van der Waals surface area contributed by atoms with Crippen LogP contribution >= 0.6 is 0 Å². The molecule has 8 heteroatoms. The van der Waals surface area contributed by atoms with Crippen molar-refractivity contribution in [3.63, 3.8) is 0 Å². The molecule has 1 aromatic carbocycles. The maximum Gasteiger partial charge on any atom is 0.411 e. The molecule has 0 bridgehead atoms. The number of methoxy groups -OCH3 is 1. The van der Waals surface area contributed by atoms with Crippen molar-refractivity contribution in [2.24, 2.45) is 0 Å². The normalized spacial score (nSPS) is 13.2. The molecule has 0 heterocycles. The summed E-state index contributed by atoms with van der Waals surface area (Å²) in [6.45, 7) is 1.68. The highest BCUT2D eigenvalue weighted by atomic mass is 32.2. The fourth-order valence-electron chi connectivity index (χ4n) is 1.34. The van der Waals surface area contributed by atoms with Crippen LogP contribution in [0.1, 0.15) is 5.56 Å². The van der Waals surface area contributed by atoms with Crippen LogP contribution in [0.2, 0.25) is 0 Å². The van der Waals surface area contributed by atoms with Crippen molar-refractivity contribution in [3.05, 3.63) is 40.8 Å². The standard InChI is InChI=1S/C12H11F3O4S/c1-8-3-5-9(6-4-8)20(17,18)10(11(16)19-2)7-12(13,14)15/h3-7H,1-2H3/b10-7+. The maximum absolute atomic E-state index is 12.4. The Morgan fingerprint density at radius 2 is 1.70 bits per heavy atom. The van der Waals surface area contributed by atoms with Crippen molar-refractivity contribution in [3.8, 4) is 0 Å². The minimum absolute atomic E-state index is 0.413. The quantitative estimate of drug-likeness (QED) is 0.635. The van der Waals surface area contributed by atoms with Crippen LogP contribution in [-0.2, 0) is 19.4 Å². The van der Waals surface area contributed by atoms with Crippen molar-refractivity contribution >= 4 is 15.8 Å². The molecular formula is C12H11F3O4S. The van der Waals surface area contributed by atoms with E-state index < -0.39 is 37.9 Å². The lowest BCUT2D eigenvalue weighted by molar-refractivity contribution is -0.136. The average molecular weight is 308 g/mol. The van der Waals surface area contributed by atoms with E-state index in [4.69, 9.17) is 0 Å². The van der Waals surface area contributed by atoms with Gasteiger partial charge in [-0.25, -0.2) is 13.2 Å². The van der Waals surface area contributed by atoms with Crippen LogP contribution in [0, 0.1) is 6.92 Å². The number of carbonyl (C=O) groups is 1. The SMILES string of the molecule is COC(=O)/C(=C\C(F)(F)F)S(=O)(=O)c1ccc(C)cc1. The predicted molar refractivity (Wildman–Crippen MR) is 64.5 cm³/mol. The molecule has 110 valence electrons. The fourth-order valence-corrected chi connectivity index (χ4v) is 2.68. The van der Waals surface area contributed by atoms with Gasteiger partial charge in [0.15, 0.2) is 4.91 Å². The van der Waals surface area contributed by atoms with E-state index in [1.165, 1.54) is 12.1 Å². The summed E-state index contributed by atoms with van der Waals surface area (Å²) in [4.78, 5) is 9.45. The number of alkyl halides is 3. The number of allylic oxidation sites excluding steroid dienone is 1. The zero-order valence-electron chi connectivity index (χ0n) is 10.6. The fraction of sp³-hybridized carbons (Fsp3) is 0.250. The molecule has 0 saturated heterocycles. The number of halogens is 3. The van der Waals surface area contributed by atoms with Crippen LogP contribution in [0.25, 0.3) is 0 Å². The molecule has 0 fully saturated rings. The van der Waals surface area contributed by atoms with E-state index >= 15 is 0 Å². The van der Waals surface area contributed by atoms with E-state index in [9.17, 15) is 26.4 Å². The second-order valence-electron chi connectivity index (χ2n) is 3.86. The van der Waals surface area contributed by atoms with Gasteiger partial charge in [0.2, 0.25) is 9.84 Å². The summed E-state index contributed by atoms with van der Waals surface area (Å²) in [6.07, 6.45) is -5.53. The van der Waals surface area contributed by atoms with Crippen molar-refractivity contribution in [1.29, 1.82) is 0 Å². The van der Waals surface area contributed by atoms with Gasteiger partial charge in [0.05, 0.1) is 12.0 Å². The Hall–Kier alpha value is -1.83. The van der Waals surface area contributed by atoms with Gasteiger partial charge >= 0.3 is 12.1 Å². The largest absolute Gasteiger partial charge is 0.465 e. The zero-order chi connectivity index (χ0) is 15.6. The van der Waals surface area contributed by atoms with Gasteiger partial charge in [0.1, 0.15) is 0 Å². The number of hydrogen-bond donors (Lipinski definition) is 0. The van der Waals surface area contributed by atoms with E-state index in [-0.39, 0.29) is 0 Å². The monoisotopic (exact) mass is 308 g/mol. The van der Waals surface area contributed by atoms with E-state index in [0.717, 1.165) is 24.8 Å². The molecule has 0 aliphatic heterocycles. The van der Waals surface area contributed by atoms with Gasteiger partial charge in [-0.15, -0.1) is 0 Å². The maximum atomic E-state index is 12.4.